The van der Waals surface area contributed by atoms with Crippen molar-refractivity contribution in [3.63, 3.8) is 0 Å². The van der Waals surface area contributed by atoms with Crippen LogP contribution in [0.3, 0.4) is 0 Å². The van der Waals surface area contributed by atoms with Crippen LogP contribution in [0, 0.1) is 0 Å². The summed E-state index contributed by atoms with van der Waals surface area (Å²) in [7, 11) is 0. The highest BCUT2D eigenvalue weighted by Gasteiger charge is 2.16. The summed E-state index contributed by atoms with van der Waals surface area (Å²) in [4.78, 5) is 21.2. The van der Waals surface area contributed by atoms with Gasteiger partial charge in [-0.2, -0.15) is 0 Å². The third kappa shape index (κ3) is 4.82. The highest BCUT2D eigenvalue weighted by atomic mass is 16.5. The molecule has 0 aliphatic rings. The molecule has 0 saturated carbocycles. The summed E-state index contributed by atoms with van der Waals surface area (Å²) in [5, 5.41) is 6.18. The molecule has 2 heterocycles. The smallest absolute Gasteiger partial charge is 0.255 e. The molecule has 27 heavy (non-hydrogen) atoms. The van der Waals surface area contributed by atoms with Crippen molar-refractivity contribution in [2.45, 2.75) is 19.9 Å². The fourth-order valence-electron chi connectivity index (χ4n) is 2.62. The molecule has 2 aromatic heterocycles. The van der Waals surface area contributed by atoms with Gasteiger partial charge in [0.2, 0.25) is 0 Å². The Labute approximate surface area is 158 Å². The van der Waals surface area contributed by atoms with Gasteiger partial charge in [0.15, 0.2) is 0 Å². The molecule has 0 radical (unpaired) electrons. The first-order valence-electron chi connectivity index (χ1n) is 8.83. The second kappa shape index (κ2) is 8.80. The van der Waals surface area contributed by atoms with Crippen LogP contribution < -0.4 is 15.4 Å². The highest BCUT2D eigenvalue weighted by molar-refractivity contribution is 5.99. The van der Waals surface area contributed by atoms with Crippen LogP contribution in [-0.2, 0) is 0 Å². The van der Waals surface area contributed by atoms with Crippen molar-refractivity contribution in [2.24, 2.45) is 0 Å². The van der Waals surface area contributed by atoms with E-state index in [1.807, 2.05) is 50.2 Å². The third-order valence-corrected chi connectivity index (χ3v) is 4.01. The summed E-state index contributed by atoms with van der Waals surface area (Å²) < 4.78 is 5.45. The number of nitrogens with one attached hydrogen (secondary N) is 2. The Morgan fingerprint density at radius 2 is 1.89 bits per heavy atom. The highest BCUT2D eigenvalue weighted by Crippen LogP contribution is 2.22. The third-order valence-electron chi connectivity index (χ3n) is 4.01. The number of amides is 1. The van der Waals surface area contributed by atoms with E-state index in [4.69, 9.17) is 4.74 Å². The molecular weight excluding hydrogens is 340 g/mol. The lowest BCUT2D eigenvalue weighted by molar-refractivity contribution is 0.0940. The summed E-state index contributed by atoms with van der Waals surface area (Å²) in [6.45, 7) is 4.48. The largest absolute Gasteiger partial charge is 0.494 e. The maximum atomic E-state index is 12.7. The Kier molecular flexibility index (Phi) is 5.99. The lowest BCUT2D eigenvalue weighted by Gasteiger charge is -2.16. The van der Waals surface area contributed by atoms with Gasteiger partial charge in [-0.15, -0.1) is 0 Å². The Bertz CT molecular complexity index is 882. The molecule has 0 aliphatic heterocycles. The van der Waals surface area contributed by atoms with Crippen LogP contribution in [0.4, 0.5) is 11.5 Å². The van der Waals surface area contributed by atoms with E-state index >= 15 is 0 Å². The average molecular weight is 362 g/mol. The topological polar surface area (TPSA) is 76.1 Å². The van der Waals surface area contributed by atoms with E-state index in [-0.39, 0.29) is 11.9 Å². The zero-order chi connectivity index (χ0) is 19.1. The molecule has 3 rings (SSSR count). The van der Waals surface area contributed by atoms with Crippen LogP contribution in [0.25, 0.3) is 0 Å². The SMILES string of the molecule is CCOc1ccc(Nc2ncccc2C(=O)NC(C)c2cccnc2)cc1. The minimum Gasteiger partial charge on any atom is -0.494 e. The van der Waals surface area contributed by atoms with Crippen LogP contribution in [0.1, 0.15) is 35.8 Å². The number of anilines is 2. The standard InChI is InChI=1S/C21H22N4O2/c1-3-27-18-10-8-17(9-11-18)25-20-19(7-5-13-23-20)21(26)24-15(2)16-6-4-12-22-14-16/h4-15H,3H2,1-2H3,(H,23,25)(H,24,26). The number of carbonyl (C=O) groups excluding carboxylic acids is 1. The van der Waals surface area contributed by atoms with Gasteiger partial charge in [-0.25, -0.2) is 4.98 Å². The molecule has 6 nitrogen and oxygen atoms in total. The van der Waals surface area contributed by atoms with Crippen molar-refractivity contribution in [1.82, 2.24) is 15.3 Å². The van der Waals surface area contributed by atoms with Crippen LogP contribution in [0.2, 0.25) is 0 Å². The first-order valence-corrected chi connectivity index (χ1v) is 8.83. The van der Waals surface area contributed by atoms with Gasteiger partial charge in [0, 0.05) is 24.3 Å². The van der Waals surface area contributed by atoms with Gasteiger partial charge in [0.05, 0.1) is 18.2 Å². The second-order valence-corrected chi connectivity index (χ2v) is 5.96. The molecule has 3 aromatic rings. The monoisotopic (exact) mass is 362 g/mol. The minimum absolute atomic E-state index is 0.162. The predicted molar refractivity (Wildman–Crippen MR) is 105 cm³/mol. The minimum atomic E-state index is -0.201. The van der Waals surface area contributed by atoms with Gasteiger partial charge in [-0.05, 0) is 61.9 Å². The van der Waals surface area contributed by atoms with Gasteiger partial charge in [-0.3, -0.25) is 9.78 Å². The normalized spacial score (nSPS) is 11.5. The number of pyridine rings is 2. The molecule has 0 saturated heterocycles. The van der Waals surface area contributed by atoms with Crippen LogP contribution >= 0.6 is 0 Å². The molecule has 0 aliphatic carbocycles. The van der Waals surface area contributed by atoms with Crippen LogP contribution in [-0.4, -0.2) is 22.5 Å². The average Bonchev–Trinajstić information content (AvgIpc) is 2.70. The number of benzene rings is 1. The number of hydrogen-bond acceptors (Lipinski definition) is 5. The molecule has 6 heteroatoms. The molecule has 0 spiro atoms. The summed E-state index contributed by atoms with van der Waals surface area (Å²) in [5.41, 5.74) is 2.24. The Morgan fingerprint density at radius 3 is 2.59 bits per heavy atom. The zero-order valence-electron chi connectivity index (χ0n) is 15.3. The fourth-order valence-corrected chi connectivity index (χ4v) is 2.62. The molecule has 0 bridgehead atoms. The first kappa shape index (κ1) is 18.4. The van der Waals surface area contributed by atoms with Crippen molar-refractivity contribution in [2.75, 3.05) is 11.9 Å². The van der Waals surface area contributed by atoms with Crippen molar-refractivity contribution in [3.05, 3.63) is 78.2 Å². The van der Waals surface area contributed by atoms with E-state index in [0.29, 0.717) is 18.0 Å². The van der Waals surface area contributed by atoms with Gasteiger partial charge in [-0.1, -0.05) is 6.07 Å². The maximum absolute atomic E-state index is 12.7. The molecular formula is C21H22N4O2. The molecule has 1 atom stereocenters. The number of carbonyl (C=O) groups is 1. The predicted octanol–water partition coefficient (Wildman–Crippen LogP) is 4.11. The lowest BCUT2D eigenvalue weighted by atomic mass is 10.1. The number of aromatic nitrogens is 2. The Morgan fingerprint density at radius 1 is 1.11 bits per heavy atom. The number of rotatable bonds is 7. The van der Waals surface area contributed by atoms with Gasteiger partial charge >= 0.3 is 0 Å². The first-order chi connectivity index (χ1) is 13.2. The Balaban J connectivity index is 1.74. The number of hydrogen-bond donors (Lipinski definition) is 2. The molecule has 1 aromatic carbocycles. The van der Waals surface area contributed by atoms with E-state index in [2.05, 4.69) is 20.6 Å². The van der Waals surface area contributed by atoms with Crippen LogP contribution in [0.15, 0.2) is 67.1 Å². The summed E-state index contributed by atoms with van der Waals surface area (Å²) in [6, 6.07) is 14.6. The summed E-state index contributed by atoms with van der Waals surface area (Å²) >= 11 is 0. The van der Waals surface area contributed by atoms with Crippen molar-refractivity contribution < 1.29 is 9.53 Å². The van der Waals surface area contributed by atoms with Crippen molar-refractivity contribution in [3.8, 4) is 5.75 Å². The van der Waals surface area contributed by atoms with Crippen molar-refractivity contribution >= 4 is 17.4 Å². The maximum Gasteiger partial charge on any atom is 0.255 e. The molecule has 138 valence electrons. The van der Waals surface area contributed by atoms with Crippen LogP contribution in [0.5, 0.6) is 5.75 Å². The molecule has 2 N–H and O–H groups in total. The van der Waals surface area contributed by atoms with E-state index in [9.17, 15) is 4.79 Å². The zero-order valence-corrected chi connectivity index (χ0v) is 15.3. The van der Waals surface area contributed by atoms with E-state index < -0.39 is 0 Å². The molecule has 1 unspecified atom stereocenters. The molecule has 0 fully saturated rings. The van der Waals surface area contributed by atoms with E-state index in [1.54, 1.807) is 30.7 Å². The quantitative estimate of drug-likeness (QED) is 0.661. The van der Waals surface area contributed by atoms with E-state index in [1.165, 1.54) is 0 Å². The summed E-state index contributed by atoms with van der Waals surface area (Å²) in [5.74, 6) is 1.10. The number of ether oxygens (including phenoxy) is 1. The molecule has 1 amide bonds. The fraction of sp³-hybridized carbons (Fsp3) is 0.190. The Hall–Kier alpha value is -3.41. The van der Waals surface area contributed by atoms with Gasteiger partial charge in [0.25, 0.3) is 5.91 Å². The number of nitrogens with zero attached hydrogens (tertiary/aromatic N) is 2. The van der Waals surface area contributed by atoms with E-state index in [0.717, 1.165) is 17.0 Å². The van der Waals surface area contributed by atoms with Gasteiger partial charge < -0.3 is 15.4 Å². The van der Waals surface area contributed by atoms with Gasteiger partial charge in [0.1, 0.15) is 11.6 Å². The van der Waals surface area contributed by atoms with Crippen molar-refractivity contribution in [1.29, 1.82) is 0 Å². The summed E-state index contributed by atoms with van der Waals surface area (Å²) in [6.07, 6.45) is 5.10. The lowest BCUT2D eigenvalue weighted by Crippen LogP contribution is -2.27. The second-order valence-electron chi connectivity index (χ2n) is 5.96.